The molecule has 0 radical (unpaired) electrons. The summed E-state index contributed by atoms with van der Waals surface area (Å²) in [6.07, 6.45) is 7.14. The average Bonchev–Trinajstić information content (AvgIpc) is 3.26. The third-order valence-corrected chi connectivity index (χ3v) is 7.38. The van der Waals surface area contributed by atoms with Crippen LogP contribution in [0.25, 0.3) is 10.9 Å². The van der Waals surface area contributed by atoms with Crippen molar-refractivity contribution in [3.8, 4) is 0 Å². The van der Waals surface area contributed by atoms with Crippen LogP contribution in [-0.4, -0.2) is 41.0 Å². The summed E-state index contributed by atoms with van der Waals surface area (Å²) in [5, 5.41) is 8.04. The lowest BCUT2D eigenvalue weighted by Crippen LogP contribution is -2.48. The van der Waals surface area contributed by atoms with E-state index in [1.54, 1.807) is 24.3 Å². The van der Waals surface area contributed by atoms with Crippen LogP contribution >= 0.6 is 11.6 Å². The van der Waals surface area contributed by atoms with E-state index in [9.17, 15) is 9.59 Å². The predicted octanol–water partition coefficient (Wildman–Crippen LogP) is 6.62. The standard InChI is InChI=1S/C29H37ClN4O2/c1-20-6-5-15-34(29(36)33-24-12-10-23(30)11-13-24)19-25(32-28(35)14-9-21(2)16-20)17-22-18-31-27-8-4-3-7-26(22)27/h3-4,7-8,10-13,18,20-21,25,31H,5-6,9,14-17,19H2,1-2H3,(H,32,35)(H,33,36)/t20?,21-,25?/m0/s1. The second-order valence-corrected chi connectivity index (χ2v) is 10.8. The molecule has 2 unspecified atom stereocenters. The van der Waals surface area contributed by atoms with Crippen LogP contribution in [0.2, 0.25) is 5.02 Å². The van der Waals surface area contributed by atoms with Crippen molar-refractivity contribution < 1.29 is 9.59 Å². The highest BCUT2D eigenvalue weighted by Crippen LogP contribution is 2.23. The molecule has 2 aromatic carbocycles. The summed E-state index contributed by atoms with van der Waals surface area (Å²) in [6, 6.07) is 15.0. The van der Waals surface area contributed by atoms with Crippen molar-refractivity contribution in [2.45, 2.75) is 58.4 Å². The first kappa shape index (κ1) is 26.1. The number of carbonyl (C=O) groups is 2. The fourth-order valence-corrected chi connectivity index (χ4v) is 5.36. The molecule has 0 bridgehead atoms. The molecule has 6 nitrogen and oxygen atoms in total. The highest BCUT2D eigenvalue weighted by atomic mass is 35.5. The number of urea groups is 1. The SMILES string of the molecule is CC1CCCN(C(=O)Nc2ccc(Cl)cc2)CC(Cc2c[nH]c3ccccc23)NC(=O)CC[C@H](C)C1. The molecule has 0 spiro atoms. The number of nitrogens with zero attached hydrogens (tertiary/aromatic N) is 1. The quantitative estimate of drug-likeness (QED) is 0.372. The van der Waals surface area contributed by atoms with E-state index in [-0.39, 0.29) is 18.0 Å². The zero-order valence-electron chi connectivity index (χ0n) is 21.2. The summed E-state index contributed by atoms with van der Waals surface area (Å²) < 4.78 is 0. The maximum absolute atomic E-state index is 13.4. The second kappa shape index (κ2) is 12.3. The number of rotatable bonds is 3. The lowest BCUT2D eigenvalue weighted by atomic mass is 9.90. The Kier molecular flexibility index (Phi) is 8.92. The van der Waals surface area contributed by atoms with Gasteiger partial charge in [0.25, 0.3) is 0 Å². The van der Waals surface area contributed by atoms with Gasteiger partial charge in [0.05, 0.1) is 6.04 Å². The Labute approximate surface area is 218 Å². The summed E-state index contributed by atoms with van der Waals surface area (Å²) >= 11 is 6.01. The van der Waals surface area contributed by atoms with Crippen molar-refractivity contribution >= 4 is 40.1 Å². The van der Waals surface area contributed by atoms with Gasteiger partial charge >= 0.3 is 6.03 Å². The minimum atomic E-state index is -0.193. The molecule has 192 valence electrons. The van der Waals surface area contributed by atoms with Crippen LogP contribution in [-0.2, 0) is 11.2 Å². The Morgan fingerprint density at radius 3 is 2.64 bits per heavy atom. The topological polar surface area (TPSA) is 77.2 Å². The number of aromatic amines is 1. The third kappa shape index (κ3) is 7.26. The molecule has 4 rings (SSSR count). The largest absolute Gasteiger partial charge is 0.361 e. The predicted molar refractivity (Wildman–Crippen MR) is 147 cm³/mol. The molecule has 7 heteroatoms. The lowest BCUT2D eigenvalue weighted by molar-refractivity contribution is -0.122. The number of nitrogens with one attached hydrogen (secondary N) is 3. The molecule has 1 aromatic heterocycles. The molecule has 2 heterocycles. The average molecular weight is 509 g/mol. The third-order valence-electron chi connectivity index (χ3n) is 7.12. The fraction of sp³-hybridized carbons (Fsp3) is 0.448. The van der Waals surface area contributed by atoms with Crippen molar-refractivity contribution in [2.75, 3.05) is 18.4 Å². The van der Waals surface area contributed by atoms with Crippen molar-refractivity contribution in [3.05, 3.63) is 65.3 Å². The Balaban J connectivity index is 1.56. The summed E-state index contributed by atoms with van der Waals surface area (Å²) in [5.74, 6) is 1.12. The highest BCUT2D eigenvalue weighted by Gasteiger charge is 2.23. The summed E-state index contributed by atoms with van der Waals surface area (Å²) in [5.41, 5.74) is 2.91. The molecule has 36 heavy (non-hydrogen) atoms. The van der Waals surface area contributed by atoms with E-state index in [1.807, 2.05) is 23.2 Å². The molecule has 3 N–H and O–H groups in total. The van der Waals surface area contributed by atoms with Gasteiger partial charge in [0.1, 0.15) is 0 Å². The molecule has 3 amide bonds. The minimum Gasteiger partial charge on any atom is -0.361 e. The van der Waals surface area contributed by atoms with Crippen LogP contribution in [0.1, 0.15) is 51.5 Å². The van der Waals surface area contributed by atoms with E-state index in [0.29, 0.717) is 48.5 Å². The van der Waals surface area contributed by atoms with E-state index in [0.717, 1.165) is 42.1 Å². The van der Waals surface area contributed by atoms with Gasteiger partial charge in [-0.1, -0.05) is 43.6 Å². The van der Waals surface area contributed by atoms with Gasteiger partial charge in [-0.05, 0) is 79.8 Å². The molecule has 1 saturated heterocycles. The highest BCUT2D eigenvalue weighted by molar-refractivity contribution is 6.30. The number of para-hydroxylation sites is 1. The van der Waals surface area contributed by atoms with Crippen LogP contribution in [0.5, 0.6) is 0 Å². The van der Waals surface area contributed by atoms with Crippen LogP contribution in [0.4, 0.5) is 10.5 Å². The molecular formula is C29H37ClN4O2. The number of aromatic nitrogens is 1. The van der Waals surface area contributed by atoms with Gasteiger partial charge in [0.2, 0.25) is 5.91 Å². The minimum absolute atomic E-state index is 0.0525. The monoisotopic (exact) mass is 508 g/mol. The number of anilines is 1. The molecule has 1 fully saturated rings. The van der Waals surface area contributed by atoms with Crippen LogP contribution in [0.3, 0.4) is 0 Å². The summed E-state index contributed by atoms with van der Waals surface area (Å²) in [6.45, 7) is 5.58. The molecule has 1 aliphatic heterocycles. The first-order chi connectivity index (χ1) is 17.4. The van der Waals surface area contributed by atoms with Crippen molar-refractivity contribution in [3.63, 3.8) is 0 Å². The number of carbonyl (C=O) groups excluding carboxylic acids is 2. The lowest BCUT2D eigenvalue weighted by Gasteiger charge is -2.29. The van der Waals surface area contributed by atoms with E-state index in [2.05, 4.69) is 41.6 Å². The van der Waals surface area contributed by atoms with Gasteiger partial charge < -0.3 is 20.5 Å². The van der Waals surface area contributed by atoms with Crippen LogP contribution < -0.4 is 10.6 Å². The zero-order chi connectivity index (χ0) is 25.5. The van der Waals surface area contributed by atoms with Gasteiger partial charge in [-0.3, -0.25) is 4.79 Å². The Morgan fingerprint density at radius 1 is 1.08 bits per heavy atom. The normalized spacial score (nSPS) is 22.2. The Hall–Kier alpha value is -2.99. The number of amides is 3. The van der Waals surface area contributed by atoms with Gasteiger partial charge in [0.15, 0.2) is 0 Å². The van der Waals surface area contributed by atoms with Crippen LogP contribution in [0, 0.1) is 11.8 Å². The maximum atomic E-state index is 13.4. The van der Waals surface area contributed by atoms with Gasteiger partial charge in [-0.2, -0.15) is 0 Å². The smallest absolute Gasteiger partial charge is 0.321 e. The number of benzene rings is 2. The first-order valence-electron chi connectivity index (χ1n) is 13.0. The van der Waals surface area contributed by atoms with E-state index >= 15 is 0 Å². The number of hydrogen-bond acceptors (Lipinski definition) is 2. The summed E-state index contributed by atoms with van der Waals surface area (Å²) in [4.78, 5) is 31.5. The molecule has 3 aromatic rings. The molecule has 0 saturated carbocycles. The maximum Gasteiger partial charge on any atom is 0.321 e. The first-order valence-corrected chi connectivity index (χ1v) is 13.4. The van der Waals surface area contributed by atoms with Gasteiger partial charge in [-0.25, -0.2) is 4.79 Å². The number of fused-ring (bicyclic) bond motifs is 1. The van der Waals surface area contributed by atoms with Gasteiger partial charge in [0, 0.05) is 47.3 Å². The second-order valence-electron chi connectivity index (χ2n) is 10.3. The van der Waals surface area contributed by atoms with Crippen molar-refractivity contribution in [1.82, 2.24) is 15.2 Å². The molecule has 1 aliphatic rings. The zero-order valence-corrected chi connectivity index (χ0v) is 22.0. The van der Waals surface area contributed by atoms with Crippen molar-refractivity contribution in [1.29, 1.82) is 0 Å². The van der Waals surface area contributed by atoms with E-state index in [1.165, 1.54) is 0 Å². The van der Waals surface area contributed by atoms with E-state index in [4.69, 9.17) is 11.6 Å². The van der Waals surface area contributed by atoms with Crippen LogP contribution in [0.15, 0.2) is 54.7 Å². The Bertz CT molecular complexity index is 1160. The number of hydrogen-bond donors (Lipinski definition) is 3. The number of halogens is 1. The molecule has 3 atom stereocenters. The summed E-state index contributed by atoms with van der Waals surface area (Å²) in [7, 11) is 0. The molecular weight excluding hydrogens is 472 g/mol. The van der Waals surface area contributed by atoms with Crippen molar-refractivity contribution in [2.24, 2.45) is 11.8 Å². The van der Waals surface area contributed by atoms with E-state index < -0.39 is 0 Å². The molecule has 0 aliphatic carbocycles. The number of H-pyrrole nitrogens is 1. The van der Waals surface area contributed by atoms with Gasteiger partial charge in [-0.15, -0.1) is 0 Å². The Morgan fingerprint density at radius 2 is 1.83 bits per heavy atom. The fourth-order valence-electron chi connectivity index (χ4n) is 5.24.